The first-order valence-electron chi connectivity index (χ1n) is 6.09. The monoisotopic (exact) mass is 269 g/mol. The second kappa shape index (κ2) is 5.08. The molecular formula is C14H12FN5. The van der Waals surface area contributed by atoms with Crippen LogP contribution in [0.1, 0.15) is 0 Å². The first-order valence-corrected chi connectivity index (χ1v) is 6.09. The Labute approximate surface area is 114 Å². The zero-order chi connectivity index (χ0) is 13.9. The number of hydrogen-bond donors (Lipinski definition) is 2. The van der Waals surface area contributed by atoms with Crippen LogP contribution in [0, 0.1) is 5.82 Å². The van der Waals surface area contributed by atoms with Gasteiger partial charge in [0.25, 0.3) is 0 Å². The van der Waals surface area contributed by atoms with E-state index in [4.69, 9.17) is 0 Å². The summed E-state index contributed by atoms with van der Waals surface area (Å²) in [6.45, 7) is 0. The van der Waals surface area contributed by atoms with Crippen LogP contribution < -0.4 is 10.6 Å². The molecule has 0 saturated heterocycles. The highest BCUT2D eigenvalue weighted by molar-refractivity contribution is 5.92. The molecule has 0 spiro atoms. The number of aromatic nitrogens is 3. The van der Waals surface area contributed by atoms with E-state index in [0.29, 0.717) is 5.95 Å². The summed E-state index contributed by atoms with van der Waals surface area (Å²) in [7, 11) is 1.68. The molecule has 2 aromatic heterocycles. The number of nitrogens with one attached hydrogen (secondary N) is 2. The predicted molar refractivity (Wildman–Crippen MR) is 76.6 cm³/mol. The lowest BCUT2D eigenvalue weighted by molar-refractivity contribution is 0.619. The predicted octanol–water partition coefficient (Wildman–Crippen LogP) is 2.95. The molecule has 2 N–H and O–H groups in total. The van der Waals surface area contributed by atoms with Crippen LogP contribution in [0.15, 0.2) is 42.7 Å². The molecule has 20 heavy (non-hydrogen) atoms. The lowest BCUT2D eigenvalue weighted by atomic mass is 10.2. The maximum Gasteiger partial charge on any atom is 0.224 e. The SMILES string of the molecule is CNc1ncc(F)c(Nc2cccc3ncccc23)n1. The third-order valence-corrected chi connectivity index (χ3v) is 2.87. The minimum Gasteiger partial charge on any atom is -0.357 e. The van der Waals surface area contributed by atoms with Crippen molar-refractivity contribution >= 4 is 28.4 Å². The molecular weight excluding hydrogens is 257 g/mol. The van der Waals surface area contributed by atoms with Gasteiger partial charge in [-0.3, -0.25) is 4.98 Å². The van der Waals surface area contributed by atoms with Crippen molar-refractivity contribution in [2.45, 2.75) is 0 Å². The number of benzene rings is 1. The van der Waals surface area contributed by atoms with Crippen LogP contribution in [0.5, 0.6) is 0 Å². The van der Waals surface area contributed by atoms with Crippen LogP contribution >= 0.6 is 0 Å². The molecule has 3 rings (SSSR count). The minimum atomic E-state index is -0.509. The Morgan fingerprint density at radius 2 is 2.00 bits per heavy atom. The molecule has 0 aliphatic carbocycles. The van der Waals surface area contributed by atoms with Gasteiger partial charge in [0.2, 0.25) is 5.95 Å². The van der Waals surface area contributed by atoms with Gasteiger partial charge >= 0.3 is 0 Å². The number of fused-ring (bicyclic) bond motifs is 1. The van der Waals surface area contributed by atoms with E-state index >= 15 is 0 Å². The van der Waals surface area contributed by atoms with Crippen LogP contribution in [0.2, 0.25) is 0 Å². The maximum absolute atomic E-state index is 13.8. The number of rotatable bonds is 3. The van der Waals surface area contributed by atoms with E-state index in [-0.39, 0.29) is 5.82 Å². The largest absolute Gasteiger partial charge is 0.357 e. The van der Waals surface area contributed by atoms with Crippen molar-refractivity contribution in [1.82, 2.24) is 15.0 Å². The topological polar surface area (TPSA) is 62.7 Å². The van der Waals surface area contributed by atoms with Crippen molar-refractivity contribution in [2.24, 2.45) is 0 Å². The lowest BCUT2D eigenvalue weighted by Crippen LogP contribution is -2.03. The molecule has 1 aromatic carbocycles. The summed E-state index contributed by atoms with van der Waals surface area (Å²) >= 11 is 0. The highest BCUT2D eigenvalue weighted by atomic mass is 19.1. The van der Waals surface area contributed by atoms with Gasteiger partial charge in [0.1, 0.15) is 0 Å². The van der Waals surface area contributed by atoms with Crippen LogP contribution in [0.4, 0.5) is 21.8 Å². The summed E-state index contributed by atoms with van der Waals surface area (Å²) < 4.78 is 13.8. The smallest absolute Gasteiger partial charge is 0.224 e. The van der Waals surface area contributed by atoms with Gasteiger partial charge in [-0.1, -0.05) is 6.07 Å². The van der Waals surface area contributed by atoms with Crippen molar-refractivity contribution in [3.05, 3.63) is 48.5 Å². The van der Waals surface area contributed by atoms with Crippen molar-refractivity contribution in [3.63, 3.8) is 0 Å². The number of anilines is 3. The molecule has 0 fully saturated rings. The molecule has 100 valence electrons. The average Bonchev–Trinajstić information content (AvgIpc) is 2.50. The van der Waals surface area contributed by atoms with Crippen LogP contribution in [-0.2, 0) is 0 Å². The Kier molecular flexibility index (Phi) is 3.12. The fourth-order valence-corrected chi connectivity index (χ4v) is 1.92. The van der Waals surface area contributed by atoms with Crippen LogP contribution in [0.3, 0.4) is 0 Å². The second-order valence-corrected chi connectivity index (χ2v) is 4.14. The van der Waals surface area contributed by atoms with Crippen molar-refractivity contribution in [1.29, 1.82) is 0 Å². The number of halogens is 1. The molecule has 5 nitrogen and oxygen atoms in total. The summed E-state index contributed by atoms with van der Waals surface area (Å²) in [5, 5.41) is 6.66. The van der Waals surface area contributed by atoms with Crippen molar-refractivity contribution in [3.8, 4) is 0 Å². The summed E-state index contributed by atoms with van der Waals surface area (Å²) in [6, 6.07) is 9.36. The summed E-state index contributed by atoms with van der Waals surface area (Å²) in [4.78, 5) is 12.1. The van der Waals surface area contributed by atoms with Gasteiger partial charge in [0.05, 0.1) is 11.7 Å². The third-order valence-electron chi connectivity index (χ3n) is 2.87. The first-order chi connectivity index (χ1) is 9.78. The van der Waals surface area contributed by atoms with Gasteiger partial charge < -0.3 is 10.6 Å². The Hall–Kier alpha value is -2.76. The molecule has 0 amide bonds. The minimum absolute atomic E-state index is 0.126. The van der Waals surface area contributed by atoms with Gasteiger partial charge in [-0.05, 0) is 24.3 Å². The second-order valence-electron chi connectivity index (χ2n) is 4.14. The van der Waals surface area contributed by atoms with E-state index in [0.717, 1.165) is 22.8 Å². The fourth-order valence-electron chi connectivity index (χ4n) is 1.92. The number of nitrogens with zero attached hydrogens (tertiary/aromatic N) is 3. The van der Waals surface area contributed by atoms with Gasteiger partial charge in [-0.2, -0.15) is 4.98 Å². The zero-order valence-corrected chi connectivity index (χ0v) is 10.8. The standard InChI is InChI=1S/C14H12FN5/c1-16-14-18-8-10(15)13(20-14)19-12-6-2-5-11-9(12)4-3-7-17-11/h2-8H,1H3,(H2,16,18,19,20). The summed E-state index contributed by atoms with van der Waals surface area (Å²) in [5.74, 6) is -0.0298. The highest BCUT2D eigenvalue weighted by Gasteiger charge is 2.08. The lowest BCUT2D eigenvalue weighted by Gasteiger charge is -2.10. The van der Waals surface area contributed by atoms with Crippen LogP contribution in [-0.4, -0.2) is 22.0 Å². The summed E-state index contributed by atoms with van der Waals surface area (Å²) in [6.07, 6.45) is 2.85. The van der Waals surface area contributed by atoms with Crippen molar-refractivity contribution < 1.29 is 4.39 Å². The molecule has 0 radical (unpaired) electrons. The van der Waals surface area contributed by atoms with E-state index in [1.165, 1.54) is 0 Å². The van der Waals surface area contributed by atoms with E-state index in [1.807, 2.05) is 30.3 Å². The zero-order valence-electron chi connectivity index (χ0n) is 10.8. The Balaban J connectivity index is 2.05. The van der Waals surface area contributed by atoms with Gasteiger partial charge in [-0.15, -0.1) is 0 Å². The molecule has 6 heteroatoms. The molecule has 3 aromatic rings. The number of pyridine rings is 1. The molecule has 0 aliphatic heterocycles. The van der Waals surface area contributed by atoms with E-state index in [1.54, 1.807) is 13.2 Å². The molecule has 2 heterocycles. The van der Waals surface area contributed by atoms with Crippen LogP contribution in [0.25, 0.3) is 10.9 Å². The summed E-state index contributed by atoms with van der Waals surface area (Å²) in [5.41, 5.74) is 1.58. The normalized spacial score (nSPS) is 10.5. The quantitative estimate of drug-likeness (QED) is 0.765. The van der Waals surface area contributed by atoms with E-state index < -0.39 is 5.82 Å². The molecule has 0 bridgehead atoms. The Morgan fingerprint density at radius 3 is 2.85 bits per heavy atom. The average molecular weight is 269 g/mol. The number of hydrogen-bond acceptors (Lipinski definition) is 5. The van der Waals surface area contributed by atoms with E-state index in [2.05, 4.69) is 25.6 Å². The highest BCUT2D eigenvalue weighted by Crippen LogP contribution is 2.25. The van der Waals surface area contributed by atoms with E-state index in [9.17, 15) is 4.39 Å². The molecule has 0 saturated carbocycles. The van der Waals surface area contributed by atoms with Gasteiger partial charge in [0.15, 0.2) is 11.6 Å². The fraction of sp³-hybridized carbons (Fsp3) is 0.0714. The molecule has 0 atom stereocenters. The van der Waals surface area contributed by atoms with Gasteiger partial charge in [-0.25, -0.2) is 9.37 Å². The Morgan fingerprint density at radius 1 is 1.10 bits per heavy atom. The Bertz CT molecular complexity index is 754. The first kappa shape index (κ1) is 12.3. The molecule has 0 aliphatic rings. The maximum atomic E-state index is 13.8. The third kappa shape index (κ3) is 2.23. The van der Waals surface area contributed by atoms with Gasteiger partial charge in [0, 0.05) is 24.3 Å². The van der Waals surface area contributed by atoms with Crippen molar-refractivity contribution in [2.75, 3.05) is 17.7 Å². The molecule has 0 unspecified atom stereocenters.